The van der Waals surface area contributed by atoms with E-state index in [1.807, 2.05) is 13.8 Å². The van der Waals surface area contributed by atoms with Crippen molar-refractivity contribution in [2.45, 2.75) is 46.6 Å². The third-order valence-corrected chi connectivity index (χ3v) is 3.11. The second kappa shape index (κ2) is 7.49. The number of benzene rings is 1. The quantitative estimate of drug-likeness (QED) is 0.817. The van der Waals surface area contributed by atoms with Gasteiger partial charge in [0.2, 0.25) is 0 Å². The van der Waals surface area contributed by atoms with Gasteiger partial charge in [0.15, 0.2) is 6.61 Å². The van der Waals surface area contributed by atoms with Gasteiger partial charge in [0.25, 0.3) is 5.91 Å². The van der Waals surface area contributed by atoms with Crippen molar-refractivity contribution in [1.82, 2.24) is 5.32 Å². The van der Waals surface area contributed by atoms with Gasteiger partial charge in [0.1, 0.15) is 5.75 Å². The Hall–Kier alpha value is -2.04. The van der Waals surface area contributed by atoms with Crippen LogP contribution in [0.5, 0.6) is 5.75 Å². The number of rotatable bonds is 6. The third-order valence-electron chi connectivity index (χ3n) is 3.11. The molecule has 0 spiro atoms. The fraction of sp³-hybridized carbons (Fsp3) is 0.556. The van der Waals surface area contributed by atoms with Crippen LogP contribution in [-0.4, -0.2) is 31.1 Å². The molecular formula is C18H27NO4. The lowest BCUT2D eigenvalue weighted by atomic mass is 9.82. The molecule has 1 aromatic carbocycles. The molecule has 0 radical (unpaired) electrons. The summed E-state index contributed by atoms with van der Waals surface area (Å²) < 4.78 is 10.1. The van der Waals surface area contributed by atoms with Crippen LogP contribution in [0.2, 0.25) is 0 Å². The molecule has 0 aliphatic heterocycles. The van der Waals surface area contributed by atoms with Crippen LogP contribution in [0.4, 0.5) is 0 Å². The SMILES string of the molecule is COc1ccc(C(=O)OCC(=O)NC(C)(C)CC(C)(C)C)cc1. The molecule has 0 fully saturated rings. The van der Waals surface area contributed by atoms with E-state index in [2.05, 4.69) is 26.1 Å². The number of nitrogens with one attached hydrogen (secondary N) is 1. The highest BCUT2D eigenvalue weighted by Gasteiger charge is 2.27. The van der Waals surface area contributed by atoms with Gasteiger partial charge in [-0.15, -0.1) is 0 Å². The highest BCUT2D eigenvalue weighted by atomic mass is 16.5. The maximum Gasteiger partial charge on any atom is 0.338 e. The Kier molecular flexibility index (Phi) is 6.19. The number of ether oxygens (including phenoxy) is 2. The first-order valence-electron chi connectivity index (χ1n) is 7.65. The van der Waals surface area contributed by atoms with Crippen LogP contribution < -0.4 is 10.1 Å². The molecule has 0 heterocycles. The zero-order valence-electron chi connectivity index (χ0n) is 14.9. The molecule has 5 heteroatoms. The van der Waals surface area contributed by atoms with Crippen LogP contribution in [0.15, 0.2) is 24.3 Å². The van der Waals surface area contributed by atoms with Gasteiger partial charge < -0.3 is 14.8 Å². The summed E-state index contributed by atoms with van der Waals surface area (Å²) in [4.78, 5) is 23.9. The van der Waals surface area contributed by atoms with Crippen LogP contribution in [0.3, 0.4) is 0 Å². The number of hydrogen-bond donors (Lipinski definition) is 1. The summed E-state index contributed by atoms with van der Waals surface area (Å²) in [5.41, 5.74) is 0.117. The molecule has 0 saturated heterocycles. The predicted octanol–water partition coefficient (Wildman–Crippen LogP) is 3.18. The van der Waals surface area contributed by atoms with Crippen LogP contribution in [0, 0.1) is 5.41 Å². The first-order chi connectivity index (χ1) is 10.5. The smallest absolute Gasteiger partial charge is 0.338 e. The van der Waals surface area contributed by atoms with Crippen LogP contribution in [-0.2, 0) is 9.53 Å². The minimum absolute atomic E-state index is 0.0938. The number of methoxy groups -OCH3 is 1. The highest BCUT2D eigenvalue weighted by Crippen LogP contribution is 2.26. The van der Waals surface area contributed by atoms with Crippen LogP contribution in [0.1, 0.15) is 51.4 Å². The summed E-state index contributed by atoms with van der Waals surface area (Å²) in [6, 6.07) is 6.54. The Morgan fingerprint density at radius 3 is 2.09 bits per heavy atom. The summed E-state index contributed by atoms with van der Waals surface area (Å²) in [5.74, 6) is -0.180. The molecule has 0 aliphatic carbocycles. The van der Waals surface area contributed by atoms with Crippen molar-refractivity contribution < 1.29 is 19.1 Å². The van der Waals surface area contributed by atoms with Gasteiger partial charge in [-0.05, 0) is 49.9 Å². The Balaban J connectivity index is 2.50. The van der Waals surface area contributed by atoms with E-state index in [0.29, 0.717) is 11.3 Å². The summed E-state index contributed by atoms with van der Waals surface area (Å²) in [5, 5.41) is 2.90. The lowest BCUT2D eigenvalue weighted by Crippen LogP contribution is -2.47. The number of carbonyl (C=O) groups excluding carboxylic acids is 2. The molecule has 0 bridgehead atoms. The van der Waals surface area contributed by atoms with Crippen molar-refractivity contribution >= 4 is 11.9 Å². The van der Waals surface area contributed by atoms with Gasteiger partial charge in [0.05, 0.1) is 12.7 Å². The molecule has 0 saturated carbocycles. The lowest BCUT2D eigenvalue weighted by molar-refractivity contribution is -0.126. The molecule has 128 valence electrons. The molecule has 1 amide bonds. The van der Waals surface area contributed by atoms with Gasteiger partial charge >= 0.3 is 5.97 Å². The van der Waals surface area contributed by atoms with E-state index in [0.717, 1.165) is 6.42 Å². The summed E-state index contributed by atoms with van der Waals surface area (Å²) in [6.07, 6.45) is 0.818. The molecule has 0 unspecified atom stereocenters. The van der Waals surface area contributed by atoms with Gasteiger partial charge in [-0.2, -0.15) is 0 Å². The standard InChI is InChI=1S/C18H27NO4/c1-17(2,3)12-18(4,5)19-15(20)11-23-16(21)13-7-9-14(22-6)10-8-13/h7-10H,11-12H2,1-6H3,(H,19,20). The van der Waals surface area contributed by atoms with E-state index in [1.165, 1.54) is 0 Å². The van der Waals surface area contributed by atoms with Crippen molar-refractivity contribution in [3.05, 3.63) is 29.8 Å². The molecule has 0 aromatic heterocycles. The fourth-order valence-corrected chi connectivity index (χ4v) is 2.73. The molecule has 0 atom stereocenters. The molecule has 1 aromatic rings. The van der Waals surface area contributed by atoms with Gasteiger partial charge in [-0.1, -0.05) is 20.8 Å². The largest absolute Gasteiger partial charge is 0.497 e. The number of carbonyl (C=O) groups is 2. The zero-order valence-corrected chi connectivity index (χ0v) is 14.9. The topological polar surface area (TPSA) is 64.6 Å². The average Bonchev–Trinajstić information content (AvgIpc) is 2.41. The second-order valence-electron chi connectivity index (χ2n) is 7.47. The maximum absolute atomic E-state index is 12.0. The van der Waals surface area contributed by atoms with Crippen molar-refractivity contribution in [2.24, 2.45) is 5.41 Å². The number of amides is 1. The Morgan fingerprint density at radius 1 is 1.04 bits per heavy atom. The zero-order chi connectivity index (χ0) is 17.7. The van der Waals surface area contributed by atoms with E-state index < -0.39 is 5.97 Å². The van der Waals surface area contributed by atoms with Crippen molar-refractivity contribution in [3.63, 3.8) is 0 Å². The Morgan fingerprint density at radius 2 is 1.61 bits per heavy atom. The van der Waals surface area contributed by atoms with Gasteiger partial charge in [0, 0.05) is 5.54 Å². The van der Waals surface area contributed by atoms with E-state index in [9.17, 15) is 9.59 Å². The first-order valence-corrected chi connectivity index (χ1v) is 7.65. The van der Waals surface area contributed by atoms with Crippen LogP contribution in [0.25, 0.3) is 0 Å². The normalized spacial score (nSPS) is 11.7. The second-order valence-corrected chi connectivity index (χ2v) is 7.47. The molecule has 23 heavy (non-hydrogen) atoms. The monoisotopic (exact) mass is 321 g/mol. The Labute approximate surface area is 138 Å². The molecular weight excluding hydrogens is 294 g/mol. The molecule has 1 N–H and O–H groups in total. The minimum Gasteiger partial charge on any atom is -0.497 e. The Bertz CT molecular complexity index is 541. The number of hydrogen-bond acceptors (Lipinski definition) is 4. The fourth-order valence-electron chi connectivity index (χ4n) is 2.73. The van der Waals surface area contributed by atoms with Crippen LogP contribution >= 0.6 is 0 Å². The highest BCUT2D eigenvalue weighted by molar-refractivity contribution is 5.91. The first kappa shape index (κ1) is 19.0. The molecule has 1 rings (SSSR count). The van der Waals surface area contributed by atoms with E-state index in [-0.39, 0.29) is 23.5 Å². The summed E-state index contributed by atoms with van der Waals surface area (Å²) >= 11 is 0. The van der Waals surface area contributed by atoms with E-state index in [1.54, 1.807) is 31.4 Å². The van der Waals surface area contributed by atoms with Crippen molar-refractivity contribution in [2.75, 3.05) is 13.7 Å². The van der Waals surface area contributed by atoms with Crippen molar-refractivity contribution in [3.8, 4) is 5.75 Å². The predicted molar refractivity (Wildman–Crippen MR) is 89.6 cm³/mol. The number of esters is 1. The average molecular weight is 321 g/mol. The van der Waals surface area contributed by atoms with E-state index in [4.69, 9.17) is 9.47 Å². The third kappa shape index (κ3) is 7.17. The van der Waals surface area contributed by atoms with Gasteiger partial charge in [-0.3, -0.25) is 4.79 Å². The van der Waals surface area contributed by atoms with Crippen molar-refractivity contribution in [1.29, 1.82) is 0 Å². The lowest BCUT2D eigenvalue weighted by Gasteiger charge is -2.33. The molecule has 0 aliphatic rings. The summed E-state index contributed by atoms with van der Waals surface area (Å²) in [6.45, 7) is 9.97. The summed E-state index contributed by atoms with van der Waals surface area (Å²) in [7, 11) is 1.55. The minimum atomic E-state index is -0.531. The maximum atomic E-state index is 12.0. The van der Waals surface area contributed by atoms with Gasteiger partial charge in [-0.25, -0.2) is 4.79 Å². The van der Waals surface area contributed by atoms with E-state index >= 15 is 0 Å². The molecule has 5 nitrogen and oxygen atoms in total.